The van der Waals surface area contributed by atoms with E-state index in [1.54, 1.807) is 7.11 Å². The number of aliphatic hydroxyl groups is 1. The van der Waals surface area contributed by atoms with Crippen molar-refractivity contribution in [1.82, 2.24) is 13.8 Å². The monoisotopic (exact) mass is 379 g/mol. The summed E-state index contributed by atoms with van der Waals surface area (Å²) in [4.78, 5) is 2.14. The SMILES string of the molecule is COc1ccc2c3c(n(C)c2c1)[C@H](CO)N(C)CC31CN(S(C)(=O)=O)C1. The van der Waals surface area contributed by atoms with Gasteiger partial charge in [-0.25, -0.2) is 12.7 Å². The van der Waals surface area contributed by atoms with Crippen LogP contribution in [-0.2, 0) is 22.5 Å². The smallest absolute Gasteiger partial charge is 0.211 e. The third kappa shape index (κ3) is 2.32. The van der Waals surface area contributed by atoms with E-state index in [4.69, 9.17) is 4.74 Å². The highest BCUT2D eigenvalue weighted by Gasteiger charge is 2.54. The molecule has 1 N–H and O–H groups in total. The van der Waals surface area contributed by atoms with E-state index in [-0.39, 0.29) is 18.1 Å². The van der Waals surface area contributed by atoms with Crippen molar-refractivity contribution in [2.24, 2.45) is 7.05 Å². The second-order valence-corrected chi connectivity index (χ2v) is 9.61. The van der Waals surface area contributed by atoms with E-state index in [0.29, 0.717) is 13.1 Å². The Morgan fingerprint density at radius 1 is 1.27 bits per heavy atom. The van der Waals surface area contributed by atoms with Gasteiger partial charge >= 0.3 is 0 Å². The lowest BCUT2D eigenvalue weighted by atomic mass is 9.70. The van der Waals surface area contributed by atoms with Gasteiger partial charge in [0.1, 0.15) is 5.75 Å². The summed E-state index contributed by atoms with van der Waals surface area (Å²) in [6, 6.07) is 5.89. The lowest BCUT2D eigenvalue weighted by Gasteiger charge is -2.54. The van der Waals surface area contributed by atoms with Crippen LogP contribution in [0.5, 0.6) is 5.75 Å². The summed E-state index contributed by atoms with van der Waals surface area (Å²) < 4.78 is 32.9. The molecule has 8 heteroatoms. The van der Waals surface area contributed by atoms with Crippen molar-refractivity contribution in [2.75, 3.05) is 46.7 Å². The summed E-state index contributed by atoms with van der Waals surface area (Å²) in [6.07, 6.45) is 1.26. The number of benzene rings is 1. The summed E-state index contributed by atoms with van der Waals surface area (Å²) in [5.41, 5.74) is 3.04. The van der Waals surface area contributed by atoms with Crippen LogP contribution >= 0.6 is 0 Å². The number of methoxy groups -OCH3 is 1. The third-order valence-corrected chi connectivity index (χ3v) is 7.18. The van der Waals surface area contributed by atoms with Crippen molar-refractivity contribution in [3.8, 4) is 5.75 Å². The normalized spacial score (nSPS) is 23.2. The van der Waals surface area contributed by atoms with Gasteiger partial charge in [0, 0.05) is 49.2 Å². The maximum Gasteiger partial charge on any atom is 0.211 e. The Balaban J connectivity index is 1.94. The number of aliphatic hydroxyl groups excluding tert-OH is 1. The Kier molecular flexibility index (Phi) is 3.89. The minimum Gasteiger partial charge on any atom is -0.497 e. The van der Waals surface area contributed by atoms with Gasteiger partial charge in [-0.05, 0) is 24.7 Å². The molecule has 1 spiro atoms. The minimum absolute atomic E-state index is 0.0245. The summed E-state index contributed by atoms with van der Waals surface area (Å²) in [7, 11) is 2.44. The molecule has 2 aliphatic heterocycles. The number of rotatable bonds is 3. The Morgan fingerprint density at radius 3 is 2.54 bits per heavy atom. The topological polar surface area (TPSA) is 75.0 Å². The first-order valence-electron chi connectivity index (χ1n) is 8.65. The van der Waals surface area contributed by atoms with E-state index >= 15 is 0 Å². The molecule has 26 heavy (non-hydrogen) atoms. The predicted molar refractivity (Wildman–Crippen MR) is 100 cm³/mol. The van der Waals surface area contributed by atoms with Gasteiger partial charge < -0.3 is 14.4 Å². The van der Waals surface area contributed by atoms with Crippen LogP contribution in [0.15, 0.2) is 18.2 Å². The fraction of sp³-hybridized carbons (Fsp3) is 0.556. The number of ether oxygens (including phenoxy) is 1. The molecule has 4 rings (SSSR count). The van der Waals surface area contributed by atoms with Gasteiger partial charge in [0.2, 0.25) is 10.0 Å². The molecule has 0 unspecified atom stereocenters. The molecule has 1 saturated heterocycles. The van der Waals surface area contributed by atoms with E-state index in [1.165, 1.54) is 16.1 Å². The second kappa shape index (κ2) is 5.69. The average molecular weight is 379 g/mol. The third-order valence-electron chi connectivity index (χ3n) is 5.98. The van der Waals surface area contributed by atoms with Gasteiger partial charge in [0.05, 0.1) is 31.5 Å². The molecule has 1 aromatic heterocycles. The Morgan fingerprint density at radius 2 is 1.96 bits per heavy atom. The van der Waals surface area contributed by atoms with Crippen LogP contribution in [0.3, 0.4) is 0 Å². The Labute approximate surface area is 153 Å². The predicted octanol–water partition coefficient (Wildman–Crippen LogP) is 0.679. The number of sulfonamides is 1. The van der Waals surface area contributed by atoms with E-state index in [1.807, 2.05) is 26.2 Å². The zero-order valence-electron chi connectivity index (χ0n) is 15.6. The number of hydrogen-bond donors (Lipinski definition) is 1. The number of likely N-dealkylation sites (N-methyl/N-ethyl adjacent to an activating group) is 1. The zero-order valence-corrected chi connectivity index (χ0v) is 16.4. The fourth-order valence-electron chi connectivity index (χ4n) is 4.73. The first-order chi connectivity index (χ1) is 12.2. The van der Waals surface area contributed by atoms with Gasteiger partial charge in [-0.3, -0.25) is 4.90 Å². The molecule has 1 fully saturated rings. The summed E-state index contributed by atoms with van der Waals surface area (Å²) in [5, 5.41) is 11.1. The van der Waals surface area contributed by atoms with Crippen LogP contribution in [0.25, 0.3) is 10.9 Å². The molecule has 0 radical (unpaired) electrons. The highest BCUT2D eigenvalue weighted by molar-refractivity contribution is 7.88. The molecule has 3 heterocycles. The molecule has 1 aromatic carbocycles. The van der Waals surface area contributed by atoms with Crippen molar-refractivity contribution in [1.29, 1.82) is 0 Å². The van der Waals surface area contributed by atoms with Gasteiger partial charge in [0.15, 0.2) is 0 Å². The van der Waals surface area contributed by atoms with Crippen LogP contribution in [-0.4, -0.2) is 74.0 Å². The fourth-order valence-corrected chi connectivity index (χ4v) is 5.70. The molecule has 0 aliphatic carbocycles. The van der Waals surface area contributed by atoms with Crippen LogP contribution in [0.2, 0.25) is 0 Å². The lowest BCUT2D eigenvalue weighted by Crippen LogP contribution is -2.67. The summed E-state index contributed by atoms with van der Waals surface area (Å²) in [6.45, 7) is 1.71. The van der Waals surface area contributed by atoms with Crippen LogP contribution in [0, 0.1) is 0 Å². The molecule has 7 nitrogen and oxygen atoms in total. The van der Waals surface area contributed by atoms with Crippen molar-refractivity contribution in [3.05, 3.63) is 29.5 Å². The number of aryl methyl sites for hydroxylation is 1. The standard InChI is InChI=1S/C18H25N3O4S/c1-19-9-18(10-21(11-18)26(4,23)24)16-13-6-5-12(25-3)7-14(13)20(2)17(16)15(19)8-22/h5-7,15,22H,8-11H2,1-4H3/t15-/m0/s1. The van der Waals surface area contributed by atoms with Crippen LogP contribution in [0.4, 0.5) is 0 Å². The maximum atomic E-state index is 12.0. The molecule has 1 atom stereocenters. The van der Waals surface area contributed by atoms with Gasteiger partial charge in [0.25, 0.3) is 0 Å². The van der Waals surface area contributed by atoms with Crippen molar-refractivity contribution >= 4 is 20.9 Å². The molecule has 142 valence electrons. The number of hydrogen-bond acceptors (Lipinski definition) is 5. The molecular formula is C18H25N3O4S. The summed E-state index contributed by atoms with van der Waals surface area (Å²) >= 11 is 0. The van der Waals surface area contributed by atoms with E-state index in [0.717, 1.165) is 28.9 Å². The number of fused-ring (bicyclic) bond motifs is 4. The minimum atomic E-state index is -3.20. The quantitative estimate of drug-likeness (QED) is 0.849. The van der Waals surface area contributed by atoms with E-state index < -0.39 is 10.0 Å². The highest BCUT2D eigenvalue weighted by atomic mass is 32.2. The molecular weight excluding hydrogens is 354 g/mol. The molecule has 0 saturated carbocycles. The van der Waals surface area contributed by atoms with Gasteiger partial charge in [-0.15, -0.1) is 0 Å². The van der Waals surface area contributed by atoms with Crippen molar-refractivity contribution < 1.29 is 18.3 Å². The average Bonchev–Trinajstić information content (AvgIpc) is 2.84. The van der Waals surface area contributed by atoms with Crippen molar-refractivity contribution in [2.45, 2.75) is 11.5 Å². The number of aromatic nitrogens is 1. The highest BCUT2D eigenvalue weighted by Crippen LogP contribution is 2.49. The largest absolute Gasteiger partial charge is 0.497 e. The van der Waals surface area contributed by atoms with Gasteiger partial charge in [-0.1, -0.05) is 0 Å². The van der Waals surface area contributed by atoms with Gasteiger partial charge in [-0.2, -0.15) is 0 Å². The molecule has 0 amide bonds. The van der Waals surface area contributed by atoms with Crippen molar-refractivity contribution in [3.63, 3.8) is 0 Å². The van der Waals surface area contributed by atoms with Crippen LogP contribution in [0.1, 0.15) is 17.3 Å². The number of nitrogens with zero attached hydrogens (tertiary/aromatic N) is 3. The Bertz CT molecular complexity index is 976. The first kappa shape index (κ1) is 17.8. The lowest BCUT2D eigenvalue weighted by molar-refractivity contribution is 0.0454. The zero-order chi connectivity index (χ0) is 18.9. The molecule has 0 bridgehead atoms. The second-order valence-electron chi connectivity index (χ2n) is 7.63. The molecule has 2 aromatic rings. The maximum absolute atomic E-state index is 12.0. The van der Waals surface area contributed by atoms with Crippen LogP contribution < -0.4 is 4.74 Å². The van der Waals surface area contributed by atoms with E-state index in [9.17, 15) is 13.5 Å². The molecule has 2 aliphatic rings. The Hall–Kier alpha value is -1.61. The first-order valence-corrected chi connectivity index (χ1v) is 10.5. The summed E-state index contributed by atoms with van der Waals surface area (Å²) in [5.74, 6) is 0.782. The van der Waals surface area contributed by atoms with E-state index in [2.05, 4.69) is 15.5 Å².